The molecule has 0 unspecified atom stereocenters. The molecule has 1 aromatic heterocycles. The minimum absolute atomic E-state index is 0.0221. The van der Waals surface area contributed by atoms with E-state index in [-0.39, 0.29) is 17.1 Å². The SMILES string of the molecule is O=C(O)c1ccc(-c2ccc(F)cc2F)o1. The third kappa shape index (κ3) is 1.79. The Hall–Kier alpha value is -2.17. The zero-order chi connectivity index (χ0) is 11.7. The number of carboxylic acids is 1. The number of hydrogen-bond acceptors (Lipinski definition) is 2. The lowest BCUT2D eigenvalue weighted by Crippen LogP contribution is -1.91. The summed E-state index contributed by atoms with van der Waals surface area (Å²) in [6.07, 6.45) is 0. The van der Waals surface area contributed by atoms with Gasteiger partial charge in [0.2, 0.25) is 5.76 Å². The number of hydrogen-bond donors (Lipinski definition) is 1. The quantitative estimate of drug-likeness (QED) is 0.853. The van der Waals surface area contributed by atoms with E-state index in [2.05, 4.69) is 0 Å². The van der Waals surface area contributed by atoms with Crippen LogP contribution in [0, 0.1) is 11.6 Å². The molecule has 0 saturated heterocycles. The molecule has 1 N–H and O–H groups in total. The minimum atomic E-state index is -1.24. The lowest BCUT2D eigenvalue weighted by molar-refractivity contribution is 0.0663. The van der Waals surface area contributed by atoms with Gasteiger partial charge < -0.3 is 9.52 Å². The van der Waals surface area contributed by atoms with Crippen molar-refractivity contribution in [3.63, 3.8) is 0 Å². The van der Waals surface area contributed by atoms with Crippen molar-refractivity contribution in [2.45, 2.75) is 0 Å². The van der Waals surface area contributed by atoms with Gasteiger partial charge in [0, 0.05) is 6.07 Å². The van der Waals surface area contributed by atoms with Crippen LogP contribution in [0.5, 0.6) is 0 Å². The number of benzene rings is 1. The highest BCUT2D eigenvalue weighted by Crippen LogP contribution is 2.25. The second kappa shape index (κ2) is 3.77. The molecule has 0 aliphatic heterocycles. The topological polar surface area (TPSA) is 50.4 Å². The summed E-state index contributed by atoms with van der Waals surface area (Å²) in [4.78, 5) is 10.5. The maximum atomic E-state index is 13.3. The molecule has 82 valence electrons. The summed E-state index contributed by atoms with van der Waals surface area (Å²) in [5, 5.41) is 8.61. The number of rotatable bonds is 2. The molecule has 0 radical (unpaired) electrons. The van der Waals surface area contributed by atoms with Crippen LogP contribution in [0.1, 0.15) is 10.6 Å². The fourth-order valence-electron chi connectivity index (χ4n) is 1.29. The van der Waals surface area contributed by atoms with Gasteiger partial charge in [-0.3, -0.25) is 0 Å². The zero-order valence-electron chi connectivity index (χ0n) is 7.91. The van der Waals surface area contributed by atoms with Crippen LogP contribution in [0.4, 0.5) is 8.78 Å². The molecular formula is C11H6F2O3. The third-order valence-corrected chi connectivity index (χ3v) is 2.01. The smallest absolute Gasteiger partial charge is 0.371 e. The van der Waals surface area contributed by atoms with E-state index in [0.29, 0.717) is 6.07 Å². The van der Waals surface area contributed by atoms with E-state index in [9.17, 15) is 13.6 Å². The molecule has 0 bridgehead atoms. The van der Waals surface area contributed by atoms with E-state index in [0.717, 1.165) is 6.07 Å². The van der Waals surface area contributed by atoms with Gasteiger partial charge in [-0.25, -0.2) is 13.6 Å². The van der Waals surface area contributed by atoms with E-state index in [1.54, 1.807) is 0 Å². The first-order valence-corrected chi connectivity index (χ1v) is 4.36. The van der Waals surface area contributed by atoms with Gasteiger partial charge in [0.25, 0.3) is 0 Å². The fourth-order valence-corrected chi connectivity index (χ4v) is 1.29. The molecule has 0 aliphatic rings. The second-order valence-electron chi connectivity index (χ2n) is 3.09. The minimum Gasteiger partial charge on any atom is -0.475 e. The predicted octanol–water partition coefficient (Wildman–Crippen LogP) is 2.92. The van der Waals surface area contributed by atoms with Crippen LogP contribution in [0.3, 0.4) is 0 Å². The molecule has 16 heavy (non-hydrogen) atoms. The molecule has 0 fully saturated rings. The van der Waals surface area contributed by atoms with Gasteiger partial charge >= 0.3 is 5.97 Å². The number of halogens is 2. The van der Waals surface area contributed by atoms with Crippen LogP contribution in [-0.2, 0) is 0 Å². The van der Waals surface area contributed by atoms with Crippen LogP contribution >= 0.6 is 0 Å². The molecule has 5 heteroatoms. The summed E-state index contributed by atoms with van der Waals surface area (Å²) in [6, 6.07) is 5.50. The first-order valence-electron chi connectivity index (χ1n) is 4.36. The van der Waals surface area contributed by atoms with Crippen molar-refractivity contribution in [2.24, 2.45) is 0 Å². The van der Waals surface area contributed by atoms with Crippen molar-refractivity contribution >= 4 is 5.97 Å². The molecule has 2 rings (SSSR count). The molecular weight excluding hydrogens is 218 g/mol. The fraction of sp³-hybridized carbons (Fsp3) is 0. The van der Waals surface area contributed by atoms with Crippen molar-refractivity contribution < 1.29 is 23.1 Å². The first-order chi connectivity index (χ1) is 7.58. The summed E-state index contributed by atoms with van der Waals surface area (Å²) < 4.78 is 30.8. The molecule has 1 heterocycles. The molecule has 2 aromatic rings. The molecule has 0 atom stereocenters. The Morgan fingerprint density at radius 3 is 2.50 bits per heavy atom. The summed E-state index contributed by atoms with van der Waals surface area (Å²) in [5.41, 5.74) is 0.0221. The summed E-state index contributed by atoms with van der Waals surface area (Å²) in [7, 11) is 0. The Kier molecular flexibility index (Phi) is 2.44. The monoisotopic (exact) mass is 224 g/mol. The van der Waals surface area contributed by atoms with Gasteiger partial charge in [-0.2, -0.15) is 0 Å². The maximum absolute atomic E-state index is 13.3. The third-order valence-electron chi connectivity index (χ3n) is 2.01. The maximum Gasteiger partial charge on any atom is 0.371 e. The number of carboxylic acid groups (broad SMARTS) is 1. The Morgan fingerprint density at radius 1 is 1.19 bits per heavy atom. The van der Waals surface area contributed by atoms with Crippen molar-refractivity contribution in [3.05, 3.63) is 47.7 Å². The van der Waals surface area contributed by atoms with Gasteiger partial charge in [-0.15, -0.1) is 0 Å². The number of aromatic carboxylic acids is 1. The van der Waals surface area contributed by atoms with Crippen LogP contribution in [-0.4, -0.2) is 11.1 Å². The second-order valence-corrected chi connectivity index (χ2v) is 3.09. The van der Waals surface area contributed by atoms with Crippen molar-refractivity contribution in [1.82, 2.24) is 0 Å². The highest BCUT2D eigenvalue weighted by atomic mass is 19.1. The molecule has 1 aromatic carbocycles. The Labute approximate surface area is 88.9 Å². The highest BCUT2D eigenvalue weighted by molar-refractivity contribution is 5.85. The highest BCUT2D eigenvalue weighted by Gasteiger charge is 2.13. The van der Waals surface area contributed by atoms with Gasteiger partial charge in [-0.1, -0.05) is 0 Å². The lowest BCUT2D eigenvalue weighted by Gasteiger charge is -1.98. The Balaban J connectivity index is 2.46. The van der Waals surface area contributed by atoms with E-state index in [1.165, 1.54) is 18.2 Å². The molecule has 0 amide bonds. The van der Waals surface area contributed by atoms with Crippen molar-refractivity contribution in [2.75, 3.05) is 0 Å². The normalized spacial score (nSPS) is 10.4. The average Bonchev–Trinajstić information content (AvgIpc) is 2.66. The lowest BCUT2D eigenvalue weighted by atomic mass is 10.1. The van der Waals surface area contributed by atoms with E-state index in [4.69, 9.17) is 9.52 Å². The van der Waals surface area contributed by atoms with Crippen LogP contribution in [0.2, 0.25) is 0 Å². The molecule has 0 spiro atoms. The molecule has 0 saturated carbocycles. The summed E-state index contributed by atoms with van der Waals surface area (Å²) in [5.74, 6) is -2.99. The molecule has 3 nitrogen and oxygen atoms in total. The van der Waals surface area contributed by atoms with Gasteiger partial charge in [0.1, 0.15) is 17.4 Å². The van der Waals surface area contributed by atoms with Crippen LogP contribution in [0.15, 0.2) is 34.7 Å². The van der Waals surface area contributed by atoms with Crippen LogP contribution in [0.25, 0.3) is 11.3 Å². The van der Waals surface area contributed by atoms with Gasteiger partial charge in [-0.05, 0) is 24.3 Å². The number of carbonyl (C=O) groups is 1. The molecule has 0 aliphatic carbocycles. The van der Waals surface area contributed by atoms with E-state index in [1.807, 2.05) is 0 Å². The first kappa shape index (κ1) is 10.4. The largest absolute Gasteiger partial charge is 0.475 e. The van der Waals surface area contributed by atoms with E-state index < -0.39 is 17.6 Å². The van der Waals surface area contributed by atoms with Crippen LogP contribution < -0.4 is 0 Å². The Morgan fingerprint density at radius 2 is 1.94 bits per heavy atom. The van der Waals surface area contributed by atoms with E-state index >= 15 is 0 Å². The predicted molar refractivity (Wildman–Crippen MR) is 51.0 cm³/mol. The van der Waals surface area contributed by atoms with Gasteiger partial charge in [0.15, 0.2) is 0 Å². The zero-order valence-corrected chi connectivity index (χ0v) is 7.91. The standard InChI is InChI=1S/C11H6F2O3/c12-6-1-2-7(8(13)5-6)9-3-4-10(16-9)11(14)15/h1-5H,(H,14,15). The van der Waals surface area contributed by atoms with Crippen molar-refractivity contribution in [3.8, 4) is 11.3 Å². The van der Waals surface area contributed by atoms with Crippen molar-refractivity contribution in [1.29, 1.82) is 0 Å². The summed E-state index contributed by atoms with van der Waals surface area (Å²) >= 11 is 0. The van der Waals surface area contributed by atoms with Gasteiger partial charge in [0.05, 0.1) is 5.56 Å². The number of furan rings is 1. The Bertz CT molecular complexity index is 546. The summed E-state index contributed by atoms with van der Waals surface area (Å²) in [6.45, 7) is 0. The average molecular weight is 224 g/mol.